The number of hydrogen-bond donors (Lipinski definition) is 3. The molecule has 1 aliphatic heterocycles. The number of hydrogen-bond acceptors (Lipinski definition) is 8. The van der Waals surface area contributed by atoms with Crippen molar-refractivity contribution >= 4 is 48.8 Å². The molecule has 0 aromatic heterocycles. The fourth-order valence-electron chi connectivity index (χ4n) is 4.36. The van der Waals surface area contributed by atoms with Gasteiger partial charge >= 0.3 is 0 Å². The fourth-order valence-corrected chi connectivity index (χ4v) is 6.09. The molecule has 0 fully saturated rings. The van der Waals surface area contributed by atoms with Gasteiger partial charge in [0.15, 0.2) is 11.6 Å². The Balaban J connectivity index is 1.79. The van der Waals surface area contributed by atoms with E-state index in [2.05, 4.69) is 14.4 Å². The quantitative estimate of drug-likeness (QED) is 0.490. The number of fused-ring (bicyclic) bond motifs is 2. The molecular weight excluding hydrogens is 492 g/mol. The maximum atomic E-state index is 13.7. The van der Waals surface area contributed by atoms with E-state index in [-0.39, 0.29) is 40.0 Å². The third kappa shape index (κ3) is 4.60. The first-order valence-electron chi connectivity index (χ1n) is 10.9. The van der Waals surface area contributed by atoms with Crippen LogP contribution in [0, 0.1) is 11.8 Å². The summed E-state index contributed by atoms with van der Waals surface area (Å²) in [5, 5.41) is 2.80. The predicted octanol–water partition coefficient (Wildman–Crippen LogP) is 2.24. The molecule has 4 N–H and O–H groups in total. The summed E-state index contributed by atoms with van der Waals surface area (Å²) < 4.78 is 55.1. The number of nitrogens with zero attached hydrogens (tertiary/aromatic N) is 1. The van der Waals surface area contributed by atoms with Crippen LogP contribution in [0.15, 0.2) is 51.8 Å². The van der Waals surface area contributed by atoms with Crippen LogP contribution < -0.4 is 15.8 Å². The lowest BCUT2D eigenvalue weighted by atomic mass is 9.67. The Bertz CT molecular complexity index is 1480. The molecule has 4 rings (SSSR count). The molecule has 0 spiro atoms. The lowest BCUT2D eigenvalue weighted by Gasteiger charge is -2.38. The van der Waals surface area contributed by atoms with Crippen molar-refractivity contribution in [1.82, 2.24) is 0 Å². The molecule has 0 radical (unpaired) electrons. The van der Waals surface area contributed by atoms with Gasteiger partial charge in [0.25, 0.3) is 10.0 Å². The van der Waals surface area contributed by atoms with Crippen LogP contribution in [-0.2, 0) is 30.4 Å². The molecule has 2 aliphatic rings. The second-order valence-electron chi connectivity index (χ2n) is 9.27. The van der Waals surface area contributed by atoms with E-state index in [1.165, 1.54) is 12.1 Å². The van der Waals surface area contributed by atoms with E-state index >= 15 is 0 Å². The molecule has 0 saturated carbocycles. The van der Waals surface area contributed by atoms with Gasteiger partial charge in [-0.15, -0.1) is 4.40 Å². The first-order valence-corrected chi connectivity index (χ1v) is 14.3. The molecular formula is C23H26N4O6S2. The van der Waals surface area contributed by atoms with Gasteiger partial charge in [-0.25, -0.2) is 8.42 Å². The lowest BCUT2D eigenvalue weighted by Crippen LogP contribution is -2.57. The summed E-state index contributed by atoms with van der Waals surface area (Å²) in [4.78, 5) is 26.9. The number of nitrogens with one attached hydrogen (secondary N) is 2. The maximum Gasteiger partial charge on any atom is 0.286 e. The number of ketones is 2. The first kappa shape index (κ1) is 25.0. The zero-order chi connectivity index (χ0) is 25.8. The normalized spacial score (nSPS) is 23.2. The van der Waals surface area contributed by atoms with Gasteiger partial charge in [-0.2, -0.15) is 8.42 Å². The lowest BCUT2D eigenvalue weighted by molar-refractivity contribution is -0.126. The molecule has 0 saturated heterocycles. The van der Waals surface area contributed by atoms with Crippen molar-refractivity contribution in [3.63, 3.8) is 0 Å². The van der Waals surface area contributed by atoms with Gasteiger partial charge < -0.3 is 11.1 Å². The molecule has 0 amide bonds. The molecule has 1 unspecified atom stereocenters. The summed E-state index contributed by atoms with van der Waals surface area (Å²) in [7, 11) is -8.00. The van der Waals surface area contributed by atoms with Crippen molar-refractivity contribution in [3.05, 3.63) is 53.6 Å². The molecule has 35 heavy (non-hydrogen) atoms. The second kappa shape index (κ2) is 8.54. The van der Waals surface area contributed by atoms with E-state index in [1.807, 2.05) is 13.8 Å². The highest BCUT2D eigenvalue weighted by Crippen LogP contribution is 2.40. The third-order valence-corrected chi connectivity index (χ3v) is 8.01. The van der Waals surface area contributed by atoms with Crippen LogP contribution in [0.2, 0.25) is 0 Å². The number of nitrogens with two attached hydrogens (primary N) is 1. The third-order valence-electron chi connectivity index (χ3n) is 6.07. The molecule has 2 aromatic rings. The van der Waals surface area contributed by atoms with Crippen molar-refractivity contribution in [3.8, 4) is 0 Å². The molecule has 0 bridgehead atoms. The average molecular weight is 519 g/mol. The minimum Gasteiger partial charge on any atom is -0.341 e. The number of Topliss-reactive ketones (excluding diaryl/α,β-unsaturated/α-hetero) is 2. The van der Waals surface area contributed by atoms with Gasteiger partial charge in [0.05, 0.1) is 11.9 Å². The topological polar surface area (TPSA) is 165 Å². The van der Waals surface area contributed by atoms with Gasteiger partial charge in [-0.1, -0.05) is 38.1 Å². The number of sulfonamides is 2. The van der Waals surface area contributed by atoms with Gasteiger partial charge in [-0.3, -0.25) is 14.3 Å². The van der Waals surface area contributed by atoms with Gasteiger partial charge in [0.1, 0.15) is 22.2 Å². The number of rotatable bonds is 6. The van der Waals surface area contributed by atoms with Crippen LogP contribution in [0.25, 0.3) is 0 Å². The van der Waals surface area contributed by atoms with Gasteiger partial charge in [-0.05, 0) is 42.5 Å². The SMILES string of the molecule is CC(C)CC[C@@]1(N)C(=O)C(C2=NS(=O)(=O)c3cc(NS(C)(=O)=O)ccc3N2)C(=O)c2ccccc21. The number of benzene rings is 2. The molecule has 12 heteroatoms. The summed E-state index contributed by atoms with van der Waals surface area (Å²) in [6.07, 6.45) is 1.84. The zero-order valence-electron chi connectivity index (χ0n) is 19.4. The van der Waals surface area contributed by atoms with E-state index < -0.39 is 43.1 Å². The minimum absolute atomic E-state index is 0.0312. The summed E-state index contributed by atoms with van der Waals surface area (Å²) in [5.41, 5.74) is 5.95. The summed E-state index contributed by atoms with van der Waals surface area (Å²) in [6, 6.07) is 10.4. The average Bonchev–Trinajstić information content (AvgIpc) is 2.76. The van der Waals surface area contributed by atoms with Crippen molar-refractivity contribution in [2.45, 2.75) is 37.1 Å². The molecule has 10 nitrogen and oxygen atoms in total. The van der Waals surface area contributed by atoms with E-state index in [4.69, 9.17) is 5.73 Å². The van der Waals surface area contributed by atoms with E-state index in [9.17, 15) is 26.4 Å². The van der Waals surface area contributed by atoms with Crippen molar-refractivity contribution in [2.24, 2.45) is 22.0 Å². The number of carbonyl (C=O) groups is 2. The van der Waals surface area contributed by atoms with Crippen LogP contribution in [0.1, 0.15) is 42.6 Å². The highest BCUT2D eigenvalue weighted by atomic mass is 32.2. The van der Waals surface area contributed by atoms with E-state index in [0.717, 1.165) is 12.3 Å². The standard InChI is InChI=1S/C23H26N4O6S2/c1-13(2)10-11-23(24)16-7-5-4-6-15(16)20(28)19(21(23)29)22-25-17-9-8-14(26-34(3,30)31)12-18(17)35(32,33)27-22/h4-9,12-13,19,26H,10-11,24H2,1-3H3,(H,25,27)/t19?,23-/m0/s1. The van der Waals surface area contributed by atoms with Crippen LogP contribution in [0.3, 0.4) is 0 Å². The monoisotopic (exact) mass is 518 g/mol. The summed E-state index contributed by atoms with van der Waals surface area (Å²) in [5.74, 6) is -2.82. The molecule has 1 aliphatic carbocycles. The van der Waals surface area contributed by atoms with Gasteiger partial charge in [0.2, 0.25) is 10.0 Å². The Kier molecular flexibility index (Phi) is 6.10. The molecule has 2 atom stereocenters. The molecule has 2 aromatic carbocycles. The van der Waals surface area contributed by atoms with Gasteiger partial charge in [0, 0.05) is 11.3 Å². The predicted molar refractivity (Wildman–Crippen MR) is 132 cm³/mol. The largest absolute Gasteiger partial charge is 0.341 e. The highest BCUT2D eigenvalue weighted by Gasteiger charge is 2.52. The maximum absolute atomic E-state index is 13.7. The highest BCUT2D eigenvalue weighted by molar-refractivity contribution is 7.92. The number of amidine groups is 1. The van der Waals surface area contributed by atoms with Crippen LogP contribution >= 0.6 is 0 Å². The van der Waals surface area contributed by atoms with Crippen LogP contribution in [0.4, 0.5) is 11.4 Å². The van der Waals surface area contributed by atoms with E-state index in [0.29, 0.717) is 12.0 Å². The van der Waals surface area contributed by atoms with E-state index in [1.54, 1.807) is 24.3 Å². The van der Waals surface area contributed by atoms with Crippen LogP contribution in [-0.4, -0.2) is 40.5 Å². The van der Waals surface area contributed by atoms with Crippen molar-refractivity contribution < 1.29 is 26.4 Å². The Morgan fingerprint density at radius 3 is 2.51 bits per heavy atom. The Labute approximate surface area is 204 Å². The Morgan fingerprint density at radius 2 is 1.86 bits per heavy atom. The Hall–Kier alpha value is -3.09. The first-order chi connectivity index (χ1) is 16.2. The molecule has 1 heterocycles. The Morgan fingerprint density at radius 1 is 1.17 bits per heavy atom. The minimum atomic E-state index is -4.36. The smallest absolute Gasteiger partial charge is 0.286 e. The van der Waals surface area contributed by atoms with Crippen molar-refractivity contribution in [2.75, 3.05) is 16.3 Å². The zero-order valence-corrected chi connectivity index (χ0v) is 21.0. The number of carbonyl (C=O) groups excluding carboxylic acids is 2. The fraction of sp³-hybridized carbons (Fsp3) is 0.348. The van der Waals surface area contributed by atoms with Crippen molar-refractivity contribution in [1.29, 1.82) is 0 Å². The summed E-state index contributed by atoms with van der Waals surface area (Å²) in [6.45, 7) is 3.99. The van der Waals surface area contributed by atoms with Crippen LogP contribution in [0.5, 0.6) is 0 Å². The number of anilines is 2. The second-order valence-corrected chi connectivity index (χ2v) is 12.6. The summed E-state index contributed by atoms with van der Waals surface area (Å²) >= 11 is 0. The molecule has 186 valence electrons.